The minimum atomic E-state index is 0.407. The number of benzene rings is 1. The maximum atomic E-state index is 5.32. The van der Waals surface area contributed by atoms with Gasteiger partial charge in [0.05, 0.1) is 5.25 Å². The van der Waals surface area contributed by atoms with Gasteiger partial charge < -0.3 is 4.52 Å². The summed E-state index contributed by atoms with van der Waals surface area (Å²) < 4.78 is 5.32. The number of aromatic nitrogens is 2. The predicted molar refractivity (Wildman–Crippen MR) is 64.2 cm³/mol. The van der Waals surface area contributed by atoms with Crippen molar-refractivity contribution >= 4 is 11.8 Å². The van der Waals surface area contributed by atoms with Crippen LogP contribution in [0.1, 0.15) is 24.0 Å². The van der Waals surface area contributed by atoms with Crippen LogP contribution in [0.2, 0.25) is 0 Å². The van der Waals surface area contributed by atoms with Crippen LogP contribution < -0.4 is 0 Å². The molecule has 1 aliphatic rings. The van der Waals surface area contributed by atoms with E-state index in [1.165, 1.54) is 12.2 Å². The summed E-state index contributed by atoms with van der Waals surface area (Å²) in [6.07, 6.45) is 2.40. The molecule has 0 amide bonds. The Bertz CT molecular complexity index is 463. The first-order valence-corrected chi connectivity index (χ1v) is 6.49. The van der Waals surface area contributed by atoms with Gasteiger partial charge in [0.1, 0.15) is 0 Å². The third kappa shape index (κ3) is 1.85. The minimum Gasteiger partial charge on any atom is -0.338 e. The van der Waals surface area contributed by atoms with Crippen molar-refractivity contribution in [3.63, 3.8) is 0 Å². The number of hydrogen-bond donors (Lipinski definition) is 0. The molecule has 1 aromatic carbocycles. The van der Waals surface area contributed by atoms with Crippen LogP contribution in [0.3, 0.4) is 0 Å². The maximum Gasteiger partial charge on any atom is 0.240 e. The highest BCUT2D eigenvalue weighted by Gasteiger charge is 2.23. The topological polar surface area (TPSA) is 38.9 Å². The third-order valence-electron chi connectivity index (χ3n) is 2.68. The molecule has 0 N–H and O–H groups in total. The van der Waals surface area contributed by atoms with Gasteiger partial charge in [0.15, 0.2) is 0 Å². The van der Waals surface area contributed by atoms with Gasteiger partial charge in [-0.05, 0) is 18.6 Å². The van der Waals surface area contributed by atoms with Gasteiger partial charge in [0, 0.05) is 5.56 Å². The molecule has 0 bridgehead atoms. The molecule has 82 valence electrons. The molecular weight excluding hydrogens is 220 g/mol. The van der Waals surface area contributed by atoms with E-state index in [0.717, 1.165) is 17.9 Å². The summed E-state index contributed by atoms with van der Waals surface area (Å²) in [5.74, 6) is 2.68. The third-order valence-corrected chi connectivity index (χ3v) is 4.04. The van der Waals surface area contributed by atoms with Gasteiger partial charge in [-0.15, -0.1) is 11.8 Å². The van der Waals surface area contributed by atoms with E-state index < -0.39 is 0 Å². The molecule has 1 unspecified atom stereocenters. The van der Waals surface area contributed by atoms with Crippen molar-refractivity contribution in [3.8, 4) is 11.4 Å². The van der Waals surface area contributed by atoms with Crippen LogP contribution in [0.25, 0.3) is 11.4 Å². The molecule has 3 rings (SSSR count). The lowest BCUT2D eigenvalue weighted by molar-refractivity contribution is 0.375. The monoisotopic (exact) mass is 232 g/mol. The molecule has 1 aliphatic heterocycles. The minimum absolute atomic E-state index is 0.407. The second-order valence-corrected chi connectivity index (χ2v) is 5.13. The van der Waals surface area contributed by atoms with Crippen molar-refractivity contribution in [2.75, 3.05) is 5.75 Å². The summed E-state index contributed by atoms with van der Waals surface area (Å²) in [6, 6.07) is 9.94. The van der Waals surface area contributed by atoms with Gasteiger partial charge in [-0.1, -0.05) is 35.5 Å². The molecule has 2 aromatic rings. The summed E-state index contributed by atoms with van der Waals surface area (Å²) in [7, 11) is 0. The molecule has 0 radical (unpaired) electrons. The summed E-state index contributed by atoms with van der Waals surface area (Å²) in [4.78, 5) is 4.46. The molecule has 1 atom stereocenters. The highest BCUT2D eigenvalue weighted by atomic mass is 32.2. The van der Waals surface area contributed by atoms with E-state index >= 15 is 0 Å². The molecule has 4 heteroatoms. The van der Waals surface area contributed by atoms with Gasteiger partial charge in [-0.25, -0.2) is 0 Å². The zero-order valence-electron chi connectivity index (χ0n) is 8.80. The van der Waals surface area contributed by atoms with Gasteiger partial charge in [-0.2, -0.15) is 4.98 Å². The van der Waals surface area contributed by atoms with Crippen LogP contribution in [-0.4, -0.2) is 15.9 Å². The first-order valence-electron chi connectivity index (χ1n) is 5.44. The van der Waals surface area contributed by atoms with Crippen LogP contribution in [0.4, 0.5) is 0 Å². The molecule has 1 saturated heterocycles. The van der Waals surface area contributed by atoms with E-state index in [9.17, 15) is 0 Å². The Morgan fingerprint density at radius 2 is 2.12 bits per heavy atom. The Labute approximate surface area is 98.3 Å². The fourth-order valence-electron chi connectivity index (χ4n) is 1.84. The van der Waals surface area contributed by atoms with Crippen molar-refractivity contribution in [1.82, 2.24) is 10.1 Å². The molecule has 16 heavy (non-hydrogen) atoms. The molecule has 1 aromatic heterocycles. The van der Waals surface area contributed by atoms with E-state index in [1.807, 2.05) is 42.1 Å². The van der Waals surface area contributed by atoms with E-state index in [-0.39, 0.29) is 0 Å². The Morgan fingerprint density at radius 3 is 2.88 bits per heavy atom. The zero-order valence-corrected chi connectivity index (χ0v) is 9.61. The lowest BCUT2D eigenvalue weighted by atomic mass is 10.2. The number of thioether (sulfide) groups is 1. The van der Waals surface area contributed by atoms with Crippen LogP contribution in [0.5, 0.6) is 0 Å². The van der Waals surface area contributed by atoms with E-state index in [2.05, 4.69) is 10.1 Å². The highest BCUT2D eigenvalue weighted by Crippen LogP contribution is 2.39. The first kappa shape index (κ1) is 9.90. The van der Waals surface area contributed by atoms with E-state index in [0.29, 0.717) is 11.1 Å². The number of nitrogens with zero attached hydrogens (tertiary/aromatic N) is 2. The fourth-order valence-corrected chi connectivity index (χ4v) is 3.03. The van der Waals surface area contributed by atoms with Crippen LogP contribution in [-0.2, 0) is 0 Å². The van der Waals surface area contributed by atoms with Crippen molar-refractivity contribution < 1.29 is 4.52 Å². The SMILES string of the molecule is c1ccc(-c2noc(C3CCCS3)n2)cc1. The normalized spacial score (nSPS) is 20.1. The summed E-state index contributed by atoms with van der Waals surface area (Å²) in [6.45, 7) is 0. The Balaban J connectivity index is 1.87. The quantitative estimate of drug-likeness (QED) is 0.796. The Hall–Kier alpha value is -1.29. The second kappa shape index (κ2) is 4.29. The molecule has 0 saturated carbocycles. The van der Waals surface area contributed by atoms with Crippen molar-refractivity contribution in [3.05, 3.63) is 36.2 Å². The summed E-state index contributed by atoms with van der Waals surface area (Å²) in [5.41, 5.74) is 1.01. The van der Waals surface area contributed by atoms with Crippen molar-refractivity contribution in [2.24, 2.45) is 0 Å². The maximum absolute atomic E-state index is 5.32. The highest BCUT2D eigenvalue weighted by molar-refractivity contribution is 7.99. The number of rotatable bonds is 2. The largest absolute Gasteiger partial charge is 0.338 e. The lowest BCUT2D eigenvalue weighted by Gasteiger charge is -1.98. The summed E-state index contributed by atoms with van der Waals surface area (Å²) in [5, 5.41) is 4.44. The second-order valence-electron chi connectivity index (χ2n) is 3.82. The average Bonchev–Trinajstić information content (AvgIpc) is 3.01. The van der Waals surface area contributed by atoms with Gasteiger partial charge >= 0.3 is 0 Å². The van der Waals surface area contributed by atoms with E-state index in [4.69, 9.17) is 4.52 Å². The van der Waals surface area contributed by atoms with E-state index in [1.54, 1.807) is 0 Å². The molecule has 0 aliphatic carbocycles. The lowest BCUT2D eigenvalue weighted by Crippen LogP contribution is -1.88. The number of hydrogen-bond acceptors (Lipinski definition) is 4. The van der Waals surface area contributed by atoms with Crippen LogP contribution in [0.15, 0.2) is 34.9 Å². The smallest absolute Gasteiger partial charge is 0.240 e. The molecule has 1 fully saturated rings. The van der Waals surface area contributed by atoms with Gasteiger partial charge in [-0.3, -0.25) is 0 Å². The molecule has 2 heterocycles. The average molecular weight is 232 g/mol. The Morgan fingerprint density at radius 1 is 1.25 bits per heavy atom. The first-order chi connectivity index (χ1) is 7.93. The van der Waals surface area contributed by atoms with Gasteiger partial charge in [0.25, 0.3) is 0 Å². The Kier molecular flexibility index (Phi) is 2.66. The van der Waals surface area contributed by atoms with Gasteiger partial charge in [0.2, 0.25) is 11.7 Å². The van der Waals surface area contributed by atoms with Crippen LogP contribution >= 0.6 is 11.8 Å². The zero-order chi connectivity index (χ0) is 10.8. The standard InChI is InChI=1S/C12H12N2OS/c1-2-5-9(6-3-1)11-13-12(15-14-11)10-7-4-8-16-10/h1-3,5-6,10H,4,7-8H2. The fraction of sp³-hybridized carbons (Fsp3) is 0.333. The molecule has 3 nitrogen and oxygen atoms in total. The molecule has 0 spiro atoms. The molecular formula is C12H12N2OS. The van der Waals surface area contributed by atoms with Crippen molar-refractivity contribution in [2.45, 2.75) is 18.1 Å². The van der Waals surface area contributed by atoms with Crippen LogP contribution in [0, 0.1) is 0 Å². The summed E-state index contributed by atoms with van der Waals surface area (Å²) >= 11 is 1.91. The predicted octanol–water partition coefficient (Wildman–Crippen LogP) is 3.30. The van der Waals surface area contributed by atoms with Crippen molar-refractivity contribution in [1.29, 1.82) is 0 Å².